The standard InChI is InChI=1S/C15H20BrN3O2/c1-11-5-4-8-19(9-11)10-14(20)17-18-15(21)12-6-2-3-7-13(12)16/h2-3,6-7,11H,4-5,8-10H2,1H3,(H,17,20)(H,18,21)/t11-/m1/s1. The smallest absolute Gasteiger partial charge is 0.270 e. The Morgan fingerprint density at radius 3 is 2.81 bits per heavy atom. The third-order valence-electron chi connectivity index (χ3n) is 3.54. The van der Waals surface area contributed by atoms with Gasteiger partial charge in [-0.15, -0.1) is 0 Å². The molecule has 2 amide bonds. The highest BCUT2D eigenvalue weighted by molar-refractivity contribution is 9.10. The van der Waals surface area contributed by atoms with Gasteiger partial charge in [-0.2, -0.15) is 0 Å². The molecule has 2 rings (SSSR count). The van der Waals surface area contributed by atoms with Gasteiger partial charge in [-0.1, -0.05) is 19.1 Å². The van der Waals surface area contributed by atoms with E-state index >= 15 is 0 Å². The molecule has 1 heterocycles. The number of hydrogen-bond donors (Lipinski definition) is 2. The fraction of sp³-hybridized carbons (Fsp3) is 0.467. The summed E-state index contributed by atoms with van der Waals surface area (Å²) in [6.45, 7) is 4.39. The molecule has 0 unspecified atom stereocenters. The van der Waals surface area contributed by atoms with Crippen LogP contribution in [-0.4, -0.2) is 36.3 Å². The molecule has 0 spiro atoms. The highest BCUT2D eigenvalue weighted by Gasteiger charge is 2.18. The second-order valence-electron chi connectivity index (χ2n) is 5.46. The average molecular weight is 354 g/mol. The lowest BCUT2D eigenvalue weighted by molar-refractivity contribution is -0.123. The maximum Gasteiger partial charge on any atom is 0.270 e. The maximum absolute atomic E-state index is 11.9. The number of halogens is 1. The molecule has 1 aliphatic rings. The van der Waals surface area contributed by atoms with E-state index in [9.17, 15) is 9.59 Å². The molecule has 5 nitrogen and oxygen atoms in total. The number of likely N-dealkylation sites (tertiary alicyclic amines) is 1. The number of nitrogens with one attached hydrogen (secondary N) is 2. The van der Waals surface area contributed by atoms with E-state index in [0.29, 0.717) is 22.5 Å². The zero-order valence-corrected chi connectivity index (χ0v) is 13.6. The van der Waals surface area contributed by atoms with E-state index in [2.05, 4.69) is 38.6 Å². The molecule has 1 saturated heterocycles. The van der Waals surface area contributed by atoms with Gasteiger partial charge in [-0.25, -0.2) is 0 Å². The number of benzene rings is 1. The number of carbonyl (C=O) groups is 2. The van der Waals surface area contributed by atoms with Crippen molar-refractivity contribution < 1.29 is 9.59 Å². The topological polar surface area (TPSA) is 61.4 Å². The highest BCUT2D eigenvalue weighted by atomic mass is 79.9. The van der Waals surface area contributed by atoms with Crippen LogP contribution in [-0.2, 0) is 4.79 Å². The molecule has 1 aromatic carbocycles. The van der Waals surface area contributed by atoms with Gasteiger partial charge in [0.25, 0.3) is 11.8 Å². The summed E-state index contributed by atoms with van der Waals surface area (Å²) >= 11 is 3.31. The SMILES string of the molecule is C[C@@H]1CCCN(CC(=O)NNC(=O)c2ccccc2Br)C1. The third kappa shape index (κ3) is 4.82. The van der Waals surface area contributed by atoms with Crippen LogP contribution >= 0.6 is 15.9 Å². The van der Waals surface area contributed by atoms with Crippen molar-refractivity contribution in [2.45, 2.75) is 19.8 Å². The first-order chi connectivity index (χ1) is 10.1. The molecule has 0 bridgehead atoms. The van der Waals surface area contributed by atoms with Crippen LogP contribution in [0.5, 0.6) is 0 Å². The molecule has 1 fully saturated rings. The minimum Gasteiger partial charge on any atom is -0.294 e. The first kappa shape index (κ1) is 16.0. The molecule has 1 aliphatic heterocycles. The Kier molecular flexibility index (Phi) is 5.76. The van der Waals surface area contributed by atoms with Gasteiger partial charge in [0.2, 0.25) is 0 Å². The van der Waals surface area contributed by atoms with E-state index in [1.807, 2.05) is 6.07 Å². The minimum absolute atomic E-state index is 0.190. The first-order valence-electron chi connectivity index (χ1n) is 7.12. The van der Waals surface area contributed by atoms with Crippen LogP contribution < -0.4 is 10.9 Å². The van der Waals surface area contributed by atoms with Crippen LogP contribution in [0.15, 0.2) is 28.7 Å². The first-order valence-corrected chi connectivity index (χ1v) is 7.91. The fourth-order valence-corrected chi connectivity index (χ4v) is 2.98. The van der Waals surface area contributed by atoms with Crippen molar-refractivity contribution in [3.8, 4) is 0 Å². The van der Waals surface area contributed by atoms with E-state index < -0.39 is 0 Å². The Morgan fingerprint density at radius 2 is 2.10 bits per heavy atom. The molecule has 0 radical (unpaired) electrons. The molecule has 21 heavy (non-hydrogen) atoms. The largest absolute Gasteiger partial charge is 0.294 e. The van der Waals surface area contributed by atoms with Crippen LogP contribution in [0, 0.1) is 5.92 Å². The van der Waals surface area contributed by atoms with E-state index in [1.54, 1.807) is 18.2 Å². The quantitative estimate of drug-likeness (QED) is 0.816. The van der Waals surface area contributed by atoms with Crippen molar-refractivity contribution in [2.75, 3.05) is 19.6 Å². The summed E-state index contributed by atoms with van der Waals surface area (Å²) in [6, 6.07) is 7.08. The van der Waals surface area contributed by atoms with Crippen molar-refractivity contribution in [2.24, 2.45) is 5.92 Å². The van der Waals surface area contributed by atoms with Crippen molar-refractivity contribution in [3.63, 3.8) is 0 Å². The molecule has 0 aromatic heterocycles. The summed E-state index contributed by atoms with van der Waals surface area (Å²) in [4.78, 5) is 25.9. The van der Waals surface area contributed by atoms with Crippen LogP contribution in [0.2, 0.25) is 0 Å². The Morgan fingerprint density at radius 1 is 1.33 bits per heavy atom. The molecule has 0 aliphatic carbocycles. The number of hydrogen-bond acceptors (Lipinski definition) is 3. The van der Waals surface area contributed by atoms with Gasteiger partial charge in [0.05, 0.1) is 12.1 Å². The molecule has 0 saturated carbocycles. The number of hydrazine groups is 1. The van der Waals surface area contributed by atoms with Gasteiger partial charge in [0.1, 0.15) is 0 Å². The second-order valence-corrected chi connectivity index (χ2v) is 6.32. The number of rotatable bonds is 3. The van der Waals surface area contributed by atoms with Crippen LogP contribution in [0.1, 0.15) is 30.1 Å². The lowest BCUT2D eigenvalue weighted by Crippen LogP contribution is -2.48. The van der Waals surface area contributed by atoms with Crippen LogP contribution in [0.4, 0.5) is 0 Å². The van der Waals surface area contributed by atoms with Gasteiger partial charge in [-0.05, 0) is 53.4 Å². The molecule has 114 valence electrons. The lowest BCUT2D eigenvalue weighted by Gasteiger charge is -2.30. The summed E-state index contributed by atoms with van der Waals surface area (Å²) in [5, 5.41) is 0. The van der Waals surface area contributed by atoms with Crippen LogP contribution in [0.25, 0.3) is 0 Å². The fourth-order valence-electron chi connectivity index (χ4n) is 2.51. The zero-order chi connectivity index (χ0) is 15.2. The summed E-state index contributed by atoms with van der Waals surface area (Å²) in [5.41, 5.74) is 5.40. The highest BCUT2D eigenvalue weighted by Crippen LogP contribution is 2.15. The minimum atomic E-state index is -0.331. The van der Waals surface area contributed by atoms with E-state index in [1.165, 1.54) is 6.42 Å². The van der Waals surface area contributed by atoms with Crippen molar-refractivity contribution in [3.05, 3.63) is 34.3 Å². The summed E-state index contributed by atoms with van der Waals surface area (Å²) < 4.78 is 0.696. The number of nitrogens with zero attached hydrogens (tertiary/aromatic N) is 1. The molecule has 2 N–H and O–H groups in total. The predicted octanol–water partition coefficient (Wildman–Crippen LogP) is 1.94. The number of amides is 2. The monoisotopic (exact) mass is 353 g/mol. The van der Waals surface area contributed by atoms with E-state index in [0.717, 1.165) is 19.5 Å². The van der Waals surface area contributed by atoms with Gasteiger partial charge in [0.15, 0.2) is 0 Å². The van der Waals surface area contributed by atoms with E-state index in [-0.39, 0.29) is 11.8 Å². The van der Waals surface area contributed by atoms with Gasteiger partial charge in [-0.3, -0.25) is 25.3 Å². The Labute approximate surface area is 133 Å². The third-order valence-corrected chi connectivity index (χ3v) is 4.23. The molecular weight excluding hydrogens is 334 g/mol. The molecule has 1 aromatic rings. The molecule has 1 atom stereocenters. The summed E-state index contributed by atoms with van der Waals surface area (Å²) in [5.74, 6) is 0.105. The zero-order valence-electron chi connectivity index (χ0n) is 12.1. The average Bonchev–Trinajstić information content (AvgIpc) is 2.45. The van der Waals surface area contributed by atoms with Crippen molar-refractivity contribution in [1.29, 1.82) is 0 Å². The summed E-state index contributed by atoms with van der Waals surface area (Å²) in [7, 11) is 0. The van der Waals surface area contributed by atoms with Gasteiger partial charge >= 0.3 is 0 Å². The van der Waals surface area contributed by atoms with E-state index in [4.69, 9.17) is 0 Å². The normalized spacial score (nSPS) is 19.0. The van der Waals surface area contributed by atoms with Crippen LogP contribution in [0.3, 0.4) is 0 Å². The van der Waals surface area contributed by atoms with Gasteiger partial charge in [0, 0.05) is 11.0 Å². The number of piperidine rings is 1. The van der Waals surface area contributed by atoms with Gasteiger partial charge < -0.3 is 0 Å². The molecule has 6 heteroatoms. The maximum atomic E-state index is 11.9. The lowest BCUT2D eigenvalue weighted by atomic mass is 10.0. The predicted molar refractivity (Wildman–Crippen MR) is 84.6 cm³/mol. The van der Waals surface area contributed by atoms with Crippen molar-refractivity contribution >= 4 is 27.7 Å². The molecular formula is C15H20BrN3O2. The Bertz CT molecular complexity index is 521. The second kappa shape index (κ2) is 7.56. The van der Waals surface area contributed by atoms with Crippen molar-refractivity contribution in [1.82, 2.24) is 15.8 Å². The summed E-state index contributed by atoms with van der Waals surface area (Å²) in [6.07, 6.45) is 2.34. The Hall–Kier alpha value is -1.40. The number of carbonyl (C=O) groups excluding carboxylic acids is 2. The Balaban J connectivity index is 1.78.